The number of ketones is 1. The number of ether oxygens (including phenoxy) is 1. The lowest BCUT2D eigenvalue weighted by atomic mass is 9.99. The summed E-state index contributed by atoms with van der Waals surface area (Å²) in [5, 5.41) is 0. The molecule has 6 heteroatoms. The zero-order chi connectivity index (χ0) is 19.4. The Labute approximate surface area is 166 Å². The first kappa shape index (κ1) is 19.3. The molecule has 0 amide bonds. The van der Waals surface area contributed by atoms with Crippen molar-refractivity contribution in [1.82, 2.24) is 0 Å². The van der Waals surface area contributed by atoms with Crippen LogP contribution < -0.4 is 4.74 Å². The summed E-state index contributed by atoms with van der Waals surface area (Å²) in [6.45, 7) is 0. The van der Waals surface area contributed by atoms with Crippen LogP contribution in [0.3, 0.4) is 0 Å². The third-order valence-electron chi connectivity index (χ3n) is 4.12. The maximum absolute atomic E-state index is 12.9. The summed E-state index contributed by atoms with van der Waals surface area (Å²) < 4.78 is 31.5. The second-order valence-electron chi connectivity index (χ2n) is 5.93. The first-order chi connectivity index (χ1) is 12.9. The lowest BCUT2D eigenvalue weighted by molar-refractivity contribution is 0.103. The molecule has 0 aromatic heterocycles. The van der Waals surface area contributed by atoms with Crippen LogP contribution in [0, 0.1) is 0 Å². The zero-order valence-corrected chi connectivity index (χ0v) is 17.0. The van der Waals surface area contributed by atoms with Crippen molar-refractivity contribution in [3.8, 4) is 5.75 Å². The summed E-state index contributed by atoms with van der Waals surface area (Å²) in [4.78, 5) is 13.1. The monoisotopic (exact) mass is 444 g/mol. The Morgan fingerprint density at radius 3 is 2.26 bits per heavy atom. The molecule has 0 bridgehead atoms. The molecule has 0 aliphatic rings. The summed E-state index contributed by atoms with van der Waals surface area (Å²) in [5.74, 6) is 0.106. The van der Waals surface area contributed by atoms with E-state index in [1.807, 2.05) is 6.07 Å². The minimum atomic E-state index is -3.61. The highest BCUT2D eigenvalue weighted by atomic mass is 79.9. The molecule has 0 saturated heterocycles. The average Bonchev–Trinajstić information content (AvgIpc) is 2.69. The van der Waals surface area contributed by atoms with Crippen molar-refractivity contribution < 1.29 is 17.9 Å². The van der Waals surface area contributed by atoms with Gasteiger partial charge in [0.2, 0.25) is 0 Å². The van der Waals surface area contributed by atoms with Crippen LogP contribution in [0.5, 0.6) is 5.75 Å². The fraction of sp³-hybridized carbons (Fsp3) is 0.0952. The number of hydrogen-bond donors (Lipinski definition) is 0. The van der Waals surface area contributed by atoms with E-state index in [1.165, 1.54) is 19.2 Å². The van der Waals surface area contributed by atoms with Crippen LogP contribution in [-0.2, 0) is 15.6 Å². The van der Waals surface area contributed by atoms with Crippen molar-refractivity contribution in [2.24, 2.45) is 0 Å². The van der Waals surface area contributed by atoms with Crippen LogP contribution in [0.25, 0.3) is 0 Å². The highest BCUT2D eigenvalue weighted by Gasteiger charge is 2.21. The van der Waals surface area contributed by atoms with Gasteiger partial charge in [-0.15, -0.1) is 0 Å². The number of halogens is 1. The number of carbonyl (C=O) groups is 1. The molecular formula is C21H17BrO4S. The summed E-state index contributed by atoms with van der Waals surface area (Å²) in [7, 11) is -2.09. The number of benzene rings is 3. The molecule has 0 saturated carbocycles. The topological polar surface area (TPSA) is 60.4 Å². The molecule has 3 aromatic rings. The quantitative estimate of drug-likeness (QED) is 0.518. The van der Waals surface area contributed by atoms with Crippen LogP contribution in [-0.4, -0.2) is 21.3 Å². The SMILES string of the molecule is COc1ccc(S(=O)(=O)Cc2ccc(Br)cc2C(=O)c2ccccc2)cc1. The van der Waals surface area contributed by atoms with Gasteiger partial charge in [-0.3, -0.25) is 4.79 Å². The van der Waals surface area contributed by atoms with Gasteiger partial charge in [-0.1, -0.05) is 52.3 Å². The van der Waals surface area contributed by atoms with E-state index in [9.17, 15) is 13.2 Å². The van der Waals surface area contributed by atoms with Crippen LogP contribution in [0.2, 0.25) is 0 Å². The van der Waals surface area contributed by atoms with Crippen LogP contribution in [0.15, 0.2) is 82.2 Å². The molecule has 138 valence electrons. The van der Waals surface area contributed by atoms with Crippen LogP contribution in [0.1, 0.15) is 21.5 Å². The molecule has 0 N–H and O–H groups in total. The third kappa shape index (κ3) is 4.46. The van der Waals surface area contributed by atoms with Gasteiger partial charge in [0, 0.05) is 15.6 Å². The number of sulfone groups is 1. The number of methoxy groups -OCH3 is 1. The minimum absolute atomic E-state index is 0.185. The Hall–Kier alpha value is -2.44. The van der Waals surface area contributed by atoms with Gasteiger partial charge in [0.15, 0.2) is 15.6 Å². The maximum Gasteiger partial charge on any atom is 0.193 e. The average molecular weight is 445 g/mol. The Kier molecular flexibility index (Phi) is 5.77. The van der Waals surface area contributed by atoms with Crippen LogP contribution >= 0.6 is 15.9 Å². The summed E-state index contributed by atoms with van der Waals surface area (Å²) >= 11 is 3.36. The molecule has 0 aliphatic carbocycles. The molecular weight excluding hydrogens is 428 g/mol. The van der Waals surface area contributed by atoms with Gasteiger partial charge in [0.1, 0.15) is 5.75 Å². The second-order valence-corrected chi connectivity index (χ2v) is 8.84. The fourth-order valence-electron chi connectivity index (χ4n) is 2.70. The smallest absolute Gasteiger partial charge is 0.193 e. The Morgan fingerprint density at radius 2 is 1.63 bits per heavy atom. The molecule has 27 heavy (non-hydrogen) atoms. The number of rotatable bonds is 6. The summed E-state index contributed by atoms with van der Waals surface area (Å²) in [6, 6.07) is 20.1. The van der Waals surface area contributed by atoms with Gasteiger partial charge in [-0.25, -0.2) is 8.42 Å². The molecule has 0 unspecified atom stereocenters. The first-order valence-corrected chi connectivity index (χ1v) is 10.6. The standard InChI is InChI=1S/C21H17BrO4S/c1-26-18-9-11-19(12-10-18)27(24,25)14-16-7-8-17(22)13-20(16)21(23)15-5-3-2-4-6-15/h2-13H,14H2,1H3. The third-order valence-corrected chi connectivity index (χ3v) is 6.29. The van der Waals surface area contributed by atoms with Gasteiger partial charge < -0.3 is 4.74 Å². The Balaban J connectivity index is 1.98. The number of hydrogen-bond acceptors (Lipinski definition) is 4. The van der Waals surface area contributed by atoms with Gasteiger partial charge >= 0.3 is 0 Å². The van der Waals surface area contributed by atoms with Gasteiger partial charge in [0.05, 0.1) is 17.8 Å². The predicted octanol–water partition coefficient (Wildman–Crippen LogP) is 4.66. The molecule has 4 nitrogen and oxygen atoms in total. The van der Waals surface area contributed by atoms with Gasteiger partial charge in [-0.2, -0.15) is 0 Å². The van der Waals surface area contributed by atoms with E-state index in [-0.39, 0.29) is 16.4 Å². The zero-order valence-electron chi connectivity index (χ0n) is 14.6. The van der Waals surface area contributed by atoms with Crippen molar-refractivity contribution in [3.05, 3.63) is 94.0 Å². The van der Waals surface area contributed by atoms with E-state index in [1.54, 1.807) is 54.6 Å². The predicted molar refractivity (Wildman–Crippen MR) is 108 cm³/mol. The molecule has 3 aromatic carbocycles. The van der Waals surface area contributed by atoms with E-state index in [4.69, 9.17) is 4.74 Å². The minimum Gasteiger partial charge on any atom is -0.497 e. The van der Waals surface area contributed by atoms with E-state index >= 15 is 0 Å². The van der Waals surface area contributed by atoms with E-state index in [2.05, 4.69) is 15.9 Å². The Morgan fingerprint density at radius 1 is 0.963 bits per heavy atom. The van der Waals surface area contributed by atoms with Crippen molar-refractivity contribution in [3.63, 3.8) is 0 Å². The molecule has 0 radical (unpaired) electrons. The molecule has 0 heterocycles. The lowest BCUT2D eigenvalue weighted by Crippen LogP contribution is -2.11. The van der Waals surface area contributed by atoms with Gasteiger partial charge in [0.25, 0.3) is 0 Å². The normalized spacial score (nSPS) is 11.2. The first-order valence-electron chi connectivity index (χ1n) is 8.16. The van der Waals surface area contributed by atoms with Crippen molar-refractivity contribution in [2.75, 3.05) is 7.11 Å². The van der Waals surface area contributed by atoms with E-state index < -0.39 is 9.84 Å². The van der Waals surface area contributed by atoms with Crippen molar-refractivity contribution in [1.29, 1.82) is 0 Å². The highest BCUT2D eigenvalue weighted by Crippen LogP contribution is 2.25. The number of carbonyl (C=O) groups excluding carboxylic acids is 1. The van der Waals surface area contributed by atoms with Gasteiger partial charge in [-0.05, 0) is 42.0 Å². The molecule has 3 rings (SSSR count). The maximum atomic E-state index is 12.9. The Bertz CT molecular complexity index is 1060. The highest BCUT2D eigenvalue weighted by molar-refractivity contribution is 9.10. The fourth-order valence-corrected chi connectivity index (χ4v) is 4.44. The van der Waals surface area contributed by atoms with Crippen molar-refractivity contribution >= 4 is 31.6 Å². The molecule has 0 atom stereocenters. The second kappa shape index (κ2) is 8.06. The molecule has 0 aliphatic heterocycles. The van der Waals surface area contributed by atoms with E-state index in [0.29, 0.717) is 26.9 Å². The lowest BCUT2D eigenvalue weighted by Gasteiger charge is -2.11. The van der Waals surface area contributed by atoms with Crippen LogP contribution in [0.4, 0.5) is 0 Å². The molecule has 0 fully saturated rings. The summed E-state index contributed by atoms with van der Waals surface area (Å²) in [5.41, 5.74) is 1.34. The summed E-state index contributed by atoms with van der Waals surface area (Å²) in [6.07, 6.45) is 0. The molecule has 0 spiro atoms. The largest absolute Gasteiger partial charge is 0.497 e. The van der Waals surface area contributed by atoms with E-state index in [0.717, 1.165) is 0 Å². The van der Waals surface area contributed by atoms with Crippen molar-refractivity contribution in [2.45, 2.75) is 10.6 Å².